The van der Waals surface area contributed by atoms with Gasteiger partial charge in [-0.3, -0.25) is 4.79 Å². The lowest BCUT2D eigenvalue weighted by Crippen LogP contribution is -2.26. The number of hydrogen-bond acceptors (Lipinski definition) is 4. The lowest BCUT2D eigenvalue weighted by Gasteiger charge is -2.21. The van der Waals surface area contributed by atoms with Crippen LogP contribution in [0.3, 0.4) is 0 Å². The Kier molecular flexibility index (Phi) is 5.05. The van der Waals surface area contributed by atoms with Crippen LogP contribution in [-0.2, 0) is 0 Å². The molecule has 142 valence electrons. The maximum atomic E-state index is 13.1. The third-order valence-electron chi connectivity index (χ3n) is 4.75. The van der Waals surface area contributed by atoms with Gasteiger partial charge in [-0.1, -0.05) is 29.8 Å². The van der Waals surface area contributed by atoms with E-state index in [0.29, 0.717) is 11.1 Å². The second-order valence-corrected chi connectivity index (χ2v) is 7.44. The molecule has 6 heteroatoms. The highest BCUT2D eigenvalue weighted by atomic mass is 79.9. The Balaban J connectivity index is 1.72. The van der Waals surface area contributed by atoms with Gasteiger partial charge in [0.1, 0.15) is 5.75 Å². The van der Waals surface area contributed by atoms with Crippen molar-refractivity contribution in [3.05, 3.63) is 87.8 Å². The molecule has 2 heterocycles. The molecule has 4 rings (SSSR count). The van der Waals surface area contributed by atoms with Crippen molar-refractivity contribution in [2.45, 2.75) is 19.4 Å². The zero-order chi connectivity index (χ0) is 19.7. The van der Waals surface area contributed by atoms with Crippen LogP contribution in [-0.4, -0.2) is 23.7 Å². The Morgan fingerprint density at radius 3 is 2.61 bits per heavy atom. The fourth-order valence-corrected chi connectivity index (χ4v) is 3.64. The zero-order valence-electron chi connectivity index (χ0n) is 15.6. The first-order valence-corrected chi connectivity index (χ1v) is 9.72. The minimum Gasteiger partial charge on any atom is -0.497 e. The second-order valence-electron chi connectivity index (χ2n) is 6.66. The number of nitrogens with zero attached hydrogens (tertiary/aromatic N) is 2. The van der Waals surface area contributed by atoms with Crippen molar-refractivity contribution in [2.24, 2.45) is 5.10 Å². The standard InChI is InChI=1S/C22H19BrN2O3/c1-14-4-3-5-16(12-14)19-13-18(15-6-8-17(27-2)9-7-15)24-25(19)22(26)20-10-11-21(23)28-20/h3-12,19H,13H2,1-2H3/t19-/m0/s1. The summed E-state index contributed by atoms with van der Waals surface area (Å²) in [4.78, 5) is 13.1. The van der Waals surface area contributed by atoms with E-state index in [2.05, 4.69) is 27.1 Å². The van der Waals surface area contributed by atoms with Crippen molar-refractivity contribution in [1.82, 2.24) is 5.01 Å². The van der Waals surface area contributed by atoms with Crippen LogP contribution in [0, 0.1) is 6.92 Å². The van der Waals surface area contributed by atoms with Crippen molar-refractivity contribution in [3.8, 4) is 5.75 Å². The van der Waals surface area contributed by atoms with E-state index in [0.717, 1.165) is 28.2 Å². The Labute approximate surface area is 171 Å². The molecule has 0 unspecified atom stereocenters. The first-order valence-electron chi connectivity index (χ1n) is 8.92. The number of methoxy groups -OCH3 is 1. The van der Waals surface area contributed by atoms with Gasteiger partial charge in [0.25, 0.3) is 0 Å². The van der Waals surface area contributed by atoms with E-state index in [-0.39, 0.29) is 17.7 Å². The van der Waals surface area contributed by atoms with Crippen LogP contribution in [0.5, 0.6) is 5.75 Å². The number of furan rings is 1. The highest BCUT2D eigenvalue weighted by molar-refractivity contribution is 9.10. The molecular formula is C22H19BrN2O3. The molecule has 28 heavy (non-hydrogen) atoms. The predicted octanol–water partition coefficient (Wildman–Crippen LogP) is 5.35. The molecule has 0 radical (unpaired) electrons. The van der Waals surface area contributed by atoms with Crippen LogP contribution >= 0.6 is 15.9 Å². The zero-order valence-corrected chi connectivity index (χ0v) is 17.1. The third kappa shape index (κ3) is 3.60. The first kappa shape index (κ1) is 18.5. The van der Waals surface area contributed by atoms with Crippen LogP contribution in [0.1, 0.15) is 39.7 Å². The molecule has 0 bridgehead atoms. The van der Waals surface area contributed by atoms with Gasteiger partial charge in [-0.05, 0) is 70.4 Å². The van der Waals surface area contributed by atoms with Gasteiger partial charge in [-0.25, -0.2) is 5.01 Å². The summed E-state index contributed by atoms with van der Waals surface area (Å²) in [6.07, 6.45) is 0.628. The highest BCUT2D eigenvalue weighted by Gasteiger charge is 2.35. The number of hydrazone groups is 1. The molecule has 2 aromatic carbocycles. The lowest BCUT2D eigenvalue weighted by molar-refractivity contribution is 0.0677. The molecule has 0 aliphatic carbocycles. The van der Waals surface area contributed by atoms with Gasteiger partial charge < -0.3 is 9.15 Å². The Bertz CT molecular complexity index is 1040. The van der Waals surface area contributed by atoms with E-state index in [1.807, 2.05) is 49.4 Å². The van der Waals surface area contributed by atoms with E-state index in [9.17, 15) is 4.79 Å². The van der Waals surface area contributed by atoms with E-state index >= 15 is 0 Å². The molecular weight excluding hydrogens is 420 g/mol. The van der Waals surface area contributed by atoms with Gasteiger partial charge >= 0.3 is 5.91 Å². The van der Waals surface area contributed by atoms with E-state index in [4.69, 9.17) is 9.15 Å². The van der Waals surface area contributed by atoms with E-state index in [1.54, 1.807) is 19.2 Å². The number of benzene rings is 2. The Hall–Kier alpha value is -2.86. The van der Waals surface area contributed by atoms with Crippen molar-refractivity contribution in [1.29, 1.82) is 0 Å². The summed E-state index contributed by atoms with van der Waals surface area (Å²) in [5.74, 6) is 0.774. The molecule has 5 nitrogen and oxygen atoms in total. The molecule has 0 saturated heterocycles. The molecule has 1 atom stereocenters. The summed E-state index contributed by atoms with van der Waals surface area (Å²) in [6, 6.07) is 19.1. The van der Waals surface area contributed by atoms with Gasteiger partial charge in [-0.2, -0.15) is 5.10 Å². The first-order chi connectivity index (χ1) is 13.5. The smallest absolute Gasteiger partial charge is 0.310 e. The molecule has 1 aliphatic heterocycles. The maximum Gasteiger partial charge on any atom is 0.310 e. The van der Waals surface area contributed by atoms with Crippen molar-refractivity contribution in [3.63, 3.8) is 0 Å². The average molecular weight is 439 g/mol. The van der Waals surface area contributed by atoms with E-state index in [1.165, 1.54) is 5.01 Å². The van der Waals surface area contributed by atoms with Gasteiger partial charge in [0.05, 0.1) is 18.9 Å². The second kappa shape index (κ2) is 7.64. The van der Waals surface area contributed by atoms with Crippen LogP contribution in [0.2, 0.25) is 0 Å². The minimum absolute atomic E-state index is 0.187. The van der Waals surface area contributed by atoms with Crippen molar-refractivity contribution in [2.75, 3.05) is 7.11 Å². The summed E-state index contributed by atoms with van der Waals surface area (Å²) in [5.41, 5.74) is 4.01. The molecule has 0 saturated carbocycles. The monoisotopic (exact) mass is 438 g/mol. The van der Waals surface area contributed by atoms with Crippen LogP contribution < -0.4 is 4.74 Å². The molecule has 0 spiro atoms. The maximum absolute atomic E-state index is 13.1. The summed E-state index contributed by atoms with van der Waals surface area (Å²) in [6.45, 7) is 2.04. The van der Waals surface area contributed by atoms with Gasteiger partial charge in [0.2, 0.25) is 0 Å². The number of carbonyl (C=O) groups is 1. The van der Waals surface area contributed by atoms with Crippen LogP contribution in [0.4, 0.5) is 0 Å². The summed E-state index contributed by atoms with van der Waals surface area (Å²) in [7, 11) is 1.64. The summed E-state index contributed by atoms with van der Waals surface area (Å²) in [5, 5.41) is 6.20. The van der Waals surface area contributed by atoms with Crippen LogP contribution in [0.15, 0.2) is 74.9 Å². The molecule has 0 N–H and O–H groups in total. The number of halogens is 1. The number of ether oxygens (including phenoxy) is 1. The number of carbonyl (C=O) groups excluding carboxylic acids is 1. The van der Waals surface area contributed by atoms with Crippen molar-refractivity contribution < 1.29 is 13.9 Å². The summed E-state index contributed by atoms with van der Waals surface area (Å²) >= 11 is 3.26. The predicted molar refractivity (Wildman–Crippen MR) is 111 cm³/mol. The molecule has 0 fully saturated rings. The molecule has 1 amide bonds. The number of hydrogen-bond donors (Lipinski definition) is 0. The molecule has 1 aliphatic rings. The average Bonchev–Trinajstić information content (AvgIpc) is 3.34. The van der Waals surface area contributed by atoms with Gasteiger partial charge in [0.15, 0.2) is 10.4 Å². The number of aryl methyl sites for hydroxylation is 1. The minimum atomic E-state index is -0.263. The van der Waals surface area contributed by atoms with Gasteiger partial charge in [-0.15, -0.1) is 0 Å². The topological polar surface area (TPSA) is 55.0 Å². The Morgan fingerprint density at radius 1 is 1.18 bits per heavy atom. The quantitative estimate of drug-likeness (QED) is 0.551. The van der Waals surface area contributed by atoms with E-state index < -0.39 is 0 Å². The molecule has 3 aromatic rings. The molecule has 1 aromatic heterocycles. The lowest BCUT2D eigenvalue weighted by atomic mass is 9.97. The fourth-order valence-electron chi connectivity index (χ4n) is 3.33. The highest BCUT2D eigenvalue weighted by Crippen LogP contribution is 2.35. The summed E-state index contributed by atoms with van der Waals surface area (Å²) < 4.78 is 11.2. The normalized spacial score (nSPS) is 16.2. The fraction of sp³-hybridized carbons (Fsp3) is 0.182. The van der Waals surface area contributed by atoms with Crippen molar-refractivity contribution >= 4 is 27.5 Å². The number of rotatable bonds is 4. The Morgan fingerprint density at radius 2 is 1.96 bits per heavy atom. The largest absolute Gasteiger partial charge is 0.497 e. The third-order valence-corrected chi connectivity index (χ3v) is 5.18. The van der Waals surface area contributed by atoms with Crippen LogP contribution in [0.25, 0.3) is 0 Å². The SMILES string of the molecule is COc1ccc(C2=NN(C(=O)c3ccc(Br)o3)[C@H](c3cccc(C)c3)C2)cc1. The van der Waals surface area contributed by atoms with Gasteiger partial charge in [0, 0.05) is 6.42 Å². The number of amides is 1.